The highest BCUT2D eigenvalue weighted by atomic mass is 16.5. The number of nitrogens with one attached hydrogen (secondary N) is 3. The van der Waals surface area contributed by atoms with Gasteiger partial charge in [0.1, 0.15) is 23.6 Å². The number of hydrogen-bond donors (Lipinski definition) is 3. The van der Waals surface area contributed by atoms with E-state index in [2.05, 4.69) is 38.0 Å². The van der Waals surface area contributed by atoms with Crippen LogP contribution in [0.1, 0.15) is 61.3 Å². The van der Waals surface area contributed by atoms with E-state index < -0.39 is 0 Å². The fourth-order valence-corrected chi connectivity index (χ4v) is 5.08. The Hall–Kier alpha value is -3.56. The smallest absolute Gasteiger partial charge is 0.251 e. The van der Waals surface area contributed by atoms with Crippen molar-refractivity contribution in [3.05, 3.63) is 41.7 Å². The molecular weight excluding hydrogens is 420 g/mol. The molecular formula is C23H30N8O2. The molecule has 0 spiro atoms. The lowest BCUT2D eigenvalue weighted by Gasteiger charge is -2.45. The van der Waals surface area contributed by atoms with E-state index in [1.807, 2.05) is 16.8 Å². The molecule has 1 aromatic carbocycles. The molecule has 3 heterocycles. The largest absolute Gasteiger partial charge is 0.495 e. The third-order valence-electron chi connectivity index (χ3n) is 6.68. The molecule has 10 heteroatoms. The quantitative estimate of drug-likeness (QED) is 0.621. The lowest BCUT2D eigenvalue weighted by Crippen LogP contribution is -2.50. The van der Waals surface area contributed by atoms with Crippen molar-refractivity contribution < 1.29 is 9.53 Å². The van der Waals surface area contributed by atoms with E-state index in [0.717, 1.165) is 29.5 Å². The van der Waals surface area contributed by atoms with Crippen molar-refractivity contribution in [2.45, 2.75) is 57.4 Å². The van der Waals surface area contributed by atoms with Gasteiger partial charge in [-0.3, -0.25) is 9.36 Å². The molecule has 3 N–H and O–H groups in total. The molecule has 0 saturated heterocycles. The number of benzene rings is 1. The maximum atomic E-state index is 12.0. The van der Waals surface area contributed by atoms with Crippen LogP contribution in [0.4, 0.5) is 5.69 Å². The fourth-order valence-electron chi connectivity index (χ4n) is 5.08. The normalized spacial score (nSPS) is 22.0. The Bertz CT molecular complexity index is 1100. The zero-order valence-electron chi connectivity index (χ0n) is 19.2. The van der Waals surface area contributed by atoms with Crippen LogP contribution in [0.15, 0.2) is 35.3 Å². The molecule has 1 aromatic heterocycles. The number of carbonyl (C=O) groups excluding carboxylic acids is 1. The van der Waals surface area contributed by atoms with Crippen LogP contribution in [0.25, 0.3) is 5.70 Å². The second kappa shape index (κ2) is 8.76. The van der Waals surface area contributed by atoms with E-state index in [4.69, 9.17) is 9.73 Å². The van der Waals surface area contributed by atoms with Crippen molar-refractivity contribution in [3.8, 4) is 5.75 Å². The molecule has 1 unspecified atom stereocenters. The highest BCUT2D eigenvalue weighted by molar-refractivity contribution is 6.04. The van der Waals surface area contributed by atoms with E-state index in [1.165, 1.54) is 25.7 Å². The molecule has 2 aliphatic heterocycles. The first-order chi connectivity index (χ1) is 16.1. The van der Waals surface area contributed by atoms with Crippen LogP contribution in [-0.4, -0.2) is 58.3 Å². The van der Waals surface area contributed by atoms with Gasteiger partial charge in [0.2, 0.25) is 0 Å². The van der Waals surface area contributed by atoms with Gasteiger partial charge in [-0.05, 0) is 37.5 Å². The molecule has 1 fully saturated rings. The van der Waals surface area contributed by atoms with E-state index >= 15 is 0 Å². The Labute approximate surface area is 193 Å². The van der Waals surface area contributed by atoms with Crippen molar-refractivity contribution in [2.75, 3.05) is 19.5 Å². The molecule has 1 saturated carbocycles. The number of nitrogens with zero attached hydrogens (tertiary/aromatic N) is 5. The second-order valence-corrected chi connectivity index (χ2v) is 8.53. The Kier molecular flexibility index (Phi) is 5.65. The summed E-state index contributed by atoms with van der Waals surface area (Å²) in [4.78, 5) is 19.2. The van der Waals surface area contributed by atoms with Gasteiger partial charge in [0.15, 0.2) is 12.1 Å². The number of carbonyl (C=O) groups is 1. The molecule has 2 aromatic rings. The zero-order chi connectivity index (χ0) is 22.9. The van der Waals surface area contributed by atoms with Crippen LogP contribution in [0, 0.1) is 0 Å². The summed E-state index contributed by atoms with van der Waals surface area (Å²) in [6.45, 7) is 2.20. The van der Waals surface area contributed by atoms with Gasteiger partial charge in [0.25, 0.3) is 5.91 Å². The minimum atomic E-state index is -0.386. The minimum Gasteiger partial charge on any atom is -0.495 e. The highest BCUT2D eigenvalue weighted by Gasteiger charge is 2.40. The molecule has 2 atom stereocenters. The molecule has 174 valence electrons. The third kappa shape index (κ3) is 3.69. The molecule has 10 nitrogen and oxygen atoms in total. The van der Waals surface area contributed by atoms with Crippen molar-refractivity contribution in [1.82, 2.24) is 30.3 Å². The van der Waals surface area contributed by atoms with Crippen LogP contribution in [0.3, 0.4) is 0 Å². The first-order valence-corrected chi connectivity index (χ1v) is 11.5. The minimum absolute atomic E-state index is 0.159. The van der Waals surface area contributed by atoms with Crippen molar-refractivity contribution in [1.29, 1.82) is 0 Å². The second-order valence-electron chi connectivity index (χ2n) is 8.53. The summed E-state index contributed by atoms with van der Waals surface area (Å²) in [5.41, 5.74) is 2.26. The molecule has 0 bridgehead atoms. The Balaban J connectivity index is 1.45. The number of fused-ring (bicyclic) bond motifs is 2. The summed E-state index contributed by atoms with van der Waals surface area (Å²) in [5.74, 6) is 2.44. The van der Waals surface area contributed by atoms with Gasteiger partial charge in [0, 0.05) is 18.7 Å². The van der Waals surface area contributed by atoms with Gasteiger partial charge < -0.3 is 25.6 Å². The molecule has 1 aliphatic carbocycles. The number of methoxy groups -OCH3 is 1. The Morgan fingerprint density at radius 2 is 2.12 bits per heavy atom. The number of rotatable bonds is 6. The van der Waals surface area contributed by atoms with Gasteiger partial charge in [-0.15, -0.1) is 10.2 Å². The summed E-state index contributed by atoms with van der Waals surface area (Å²) in [6.07, 6.45) is 9.05. The fraction of sp³-hybridized carbons (Fsp3) is 0.478. The van der Waals surface area contributed by atoms with Gasteiger partial charge >= 0.3 is 0 Å². The first-order valence-electron chi connectivity index (χ1n) is 11.5. The molecule has 5 rings (SSSR count). The number of ether oxygens (including phenoxy) is 1. The predicted octanol–water partition coefficient (Wildman–Crippen LogP) is 2.55. The van der Waals surface area contributed by atoms with Crippen molar-refractivity contribution in [2.24, 2.45) is 4.99 Å². The maximum Gasteiger partial charge on any atom is 0.251 e. The monoisotopic (exact) mass is 450 g/mol. The van der Waals surface area contributed by atoms with Crippen LogP contribution >= 0.6 is 0 Å². The average molecular weight is 451 g/mol. The SMILES string of the molecule is CC[C@@H]1c2nncn2C2=C(NC(Nc3ccc(C(=O)NC)cc3OC)N=C2)N1C1CCCC1. The number of aliphatic imine (C=N–C) groups is 1. The van der Waals surface area contributed by atoms with E-state index in [1.54, 1.807) is 32.6 Å². The lowest BCUT2D eigenvalue weighted by atomic mass is 10.0. The average Bonchev–Trinajstić information content (AvgIpc) is 3.55. The Morgan fingerprint density at radius 1 is 1.30 bits per heavy atom. The number of aromatic nitrogens is 3. The lowest BCUT2D eigenvalue weighted by molar-refractivity contribution is 0.0963. The summed E-state index contributed by atoms with van der Waals surface area (Å²) in [7, 11) is 3.20. The van der Waals surface area contributed by atoms with E-state index in [-0.39, 0.29) is 18.2 Å². The summed E-state index contributed by atoms with van der Waals surface area (Å²) in [6, 6.07) is 5.96. The highest BCUT2D eigenvalue weighted by Crippen LogP contribution is 2.40. The third-order valence-corrected chi connectivity index (χ3v) is 6.68. The molecule has 0 radical (unpaired) electrons. The molecule has 3 aliphatic rings. The molecule has 33 heavy (non-hydrogen) atoms. The topological polar surface area (TPSA) is 109 Å². The number of amides is 1. The summed E-state index contributed by atoms with van der Waals surface area (Å²) in [5, 5.41) is 18.3. The first kappa shape index (κ1) is 21.3. The summed E-state index contributed by atoms with van der Waals surface area (Å²) < 4.78 is 7.58. The van der Waals surface area contributed by atoms with Crippen molar-refractivity contribution >= 4 is 23.5 Å². The van der Waals surface area contributed by atoms with Crippen molar-refractivity contribution in [3.63, 3.8) is 0 Å². The Morgan fingerprint density at radius 3 is 2.85 bits per heavy atom. The number of anilines is 1. The van der Waals surface area contributed by atoms with E-state index in [9.17, 15) is 4.79 Å². The van der Waals surface area contributed by atoms with Gasteiger partial charge in [0.05, 0.1) is 25.1 Å². The van der Waals surface area contributed by atoms with Gasteiger partial charge in [-0.2, -0.15) is 0 Å². The summed E-state index contributed by atoms with van der Waals surface area (Å²) >= 11 is 0. The van der Waals surface area contributed by atoms with E-state index in [0.29, 0.717) is 17.4 Å². The van der Waals surface area contributed by atoms with Crippen LogP contribution in [0.2, 0.25) is 0 Å². The molecule has 1 amide bonds. The predicted molar refractivity (Wildman–Crippen MR) is 126 cm³/mol. The number of allylic oxidation sites excluding steroid dienone is 1. The standard InChI is InChI=1S/C23H30N8O2/c1-4-17-21-29-26-13-30(21)18-12-25-23(28-20(18)31(17)15-7-5-6-8-15)27-16-10-9-14(22(32)24-2)11-19(16)33-3/h9-13,15,17,23,27-28H,4-8H2,1-3H3,(H,24,32)/t17-,23?/m1/s1. The maximum absolute atomic E-state index is 12.0. The van der Waals surface area contributed by atoms with Gasteiger partial charge in [-0.25, -0.2) is 4.99 Å². The van der Waals surface area contributed by atoms with Crippen LogP contribution < -0.4 is 20.7 Å². The van der Waals surface area contributed by atoms with Gasteiger partial charge in [-0.1, -0.05) is 19.8 Å². The van der Waals surface area contributed by atoms with Crippen LogP contribution in [0.5, 0.6) is 5.75 Å². The number of hydrogen-bond acceptors (Lipinski definition) is 8. The zero-order valence-corrected chi connectivity index (χ0v) is 19.2. The van der Waals surface area contributed by atoms with Crippen LogP contribution in [-0.2, 0) is 0 Å².